The summed E-state index contributed by atoms with van der Waals surface area (Å²) in [4.78, 5) is 2.75. The lowest BCUT2D eigenvalue weighted by molar-refractivity contribution is 0.0849. The molecule has 1 heterocycles. The van der Waals surface area contributed by atoms with Crippen LogP contribution in [0.5, 0.6) is 0 Å². The van der Waals surface area contributed by atoms with Gasteiger partial charge in [0.25, 0.3) is 0 Å². The number of nitrogens with one attached hydrogen (secondary N) is 1. The monoisotopic (exact) mass is 294 g/mol. The molecule has 3 rings (SSSR count). The van der Waals surface area contributed by atoms with Gasteiger partial charge in [0.15, 0.2) is 0 Å². The topological polar surface area (TPSA) is 35.5 Å². The largest absolute Gasteiger partial charge is 0.396 e. The summed E-state index contributed by atoms with van der Waals surface area (Å²) in [6, 6.07) is 1.50. The van der Waals surface area contributed by atoms with Crippen molar-refractivity contribution in [2.24, 2.45) is 11.8 Å². The Morgan fingerprint density at radius 3 is 2.33 bits per heavy atom. The van der Waals surface area contributed by atoms with Crippen molar-refractivity contribution in [1.82, 2.24) is 10.2 Å². The Balaban J connectivity index is 1.51. The summed E-state index contributed by atoms with van der Waals surface area (Å²) < 4.78 is 0. The Labute approximate surface area is 130 Å². The Bertz CT molecular complexity index is 298. The van der Waals surface area contributed by atoms with Gasteiger partial charge in [0.05, 0.1) is 0 Å². The summed E-state index contributed by atoms with van der Waals surface area (Å²) in [5.74, 6) is 1.63. The van der Waals surface area contributed by atoms with Crippen LogP contribution in [0.1, 0.15) is 64.2 Å². The van der Waals surface area contributed by atoms with E-state index in [0.29, 0.717) is 18.6 Å². The molecular formula is C18H34N2O. The average Bonchev–Trinajstić information content (AvgIpc) is 3.19. The summed E-state index contributed by atoms with van der Waals surface area (Å²) in [6.07, 6.45) is 13.7. The molecule has 2 unspecified atom stereocenters. The molecule has 2 aliphatic carbocycles. The molecule has 0 amide bonds. The van der Waals surface area contributed by atoms with E-state index >= 15 is 0 Å². The molecule has 2 N–H and O–H groups in total. The summed E-state index contributed by atoms with van der Waals surface area (Å²) in [6.45, 7) is 4.07. The highest BCUT2D eigenvalue weighted by molar-refractivity contribution is 4.89. The van der Waals surface area contributed by atoms with E-state index in [1.54, 1.807) is 0 Å². The number of aliphatic hydroxyl groups excluding tert-OH is 1. The SMILES string of the molecule is OCCC1CC(NCC2CCCC2)CN(C2CCCC2)C1. The van der Waals surface area contributed by atoms with Crippen LogP contribution in [0.2, 0.25) is 0 Å². The van der Waals surface area contributed by atoms with Crippen molar-refractivity contribution in [1.29, 1.82) is 0 Å². The van der Waals surface area contributed by atoms with Gasteiger partial charge in [-0.1, -0.05) is 25.7 Å². The highest BCUT2D eigenvalue weighted by Gasteiger charge is 2.32. The van der Waals surface area contributed by atoms with Gasteiger partial charge in [-0.05, 0) is 56.9 Å². The van der Waals surface area contributed by atoms with E-state index in [2.05, 4.69) is 10.2 Å². The Hall–Kier alpha value is -0.120. The first-order valence-electron chi connectivity index (χ1n) is 9.43. The summed E-state index contributed by atoms with van der Waals surface area (Å²) in [5.41, 5.74) is 0. The fourth-order valence-electron chi connectivity index (χ4n) is 4.90. The third kappa shape index (κ3) is 4.43. The lowest BCUT2D eigenvalue weighted by Gasteiger charge is -2.41. The number of nitrogens with zero attached hydrogens (tertiary/aromatic N) is 1. The maximum atomic E-state index is 9.32. The van der Waals surface area contributed by atoms with Crippen molar-refractivity contribution in [3.05, 3.63) is 0 Å². The van der Waals surface area contributed by atoms with Gasteiger partial charge in [-0.25, -0.2) is 0 Å². The van der Waals surface area contributed by atoms with Gasteiger partial charge < -0.3 is 10.4 Å². The zero-order chi connectivity index (χ0) is 14.5. The second-order valence-corrected chi connectivity index (χ2v) is 7.76. The van der Waals surface area contributed by atoms with E-state index in [1.165, 1.54) is 77.4 Å². The predicted molar refractivity (Wildman–Crippen MR) is 87.4 cm³/mol. The number of rotatable bonds is 6. The minimum Gasteiger partial charge on any atom is -0.396 e. The number of hydrogen-bond donors (Lipinski definition) is 2. The zero-order valence-corrected chi connectivity index (χ0v) is 13.6. The predicted octanol–water partition coefficient (Wildman–Crippen LogP) is 2.78. The molecule has 122 valence electrons. The molecule has 0 aromatic carbocycles. The molecule has 3 aliphatic rings. The smallest absolute Gasteiger partial charge is 0.0434 e. The molecule has 3 fully saturated rings. The summed E-state index contributed by atoms with van der Waals surface area (Å²) >= 11 is 0. The molecule has 0 aromatic rings. The highest BCUT2D eigenvalue weighted by Crippen LogP contribution is 2.30. The van der Waals surface area contributed by atoms with Gasteiger partial charge >= 0.3 is 0 Å². The first-order valence-corrected chi connectivity index (χ1v) is 9.43. The molecule has 21 heavy (non-hydrogen) atoms. The van der Waals surface area contributed by atoms with Crippen LogP contribution in [-0.4, -0.2) is 48.3 Å². The maximum Gasteiger partial charge on any atom is 0.0434 e. The molecule has 0 radical (unpaired) electrons. The number of likely N-dealkylation sites (tertiary alicyclic amines) is 1. The van der Waals surface area contributed by atoms with Gasteiger partial charge in [0, 0.05) is 31.8 Å². The van der Waals surface area contributed by atoms with Crippen molar-refractivity contribution >= 4 is 0 Å². The van der Waals surface area contributed by atoms with E-state index in [0.717, 1.165) is 18.4 Å². The van der Waals surface area contributed by atoms with Gasteiger partial charge in [-0.2, -0.15) is 0 Å². The van der Waals surface area contributed by atoms with Gasteiger partial charge in [0.2, 0.25) is 0 Å². The van der Waals surface area contributed by atoms with Crippen LogP contribution in [0.15, 0.2) is 0 Å². The molecule has 3 heteroatoms. The number of hydrogen-bond acceptors (Lipinski definition) is 3. The van der Waals surface area contributed by atoms with E-state index in [1.807, 2.05) is 0 Å². The van der Waals surface area contributed by atoms with Gasteiger partial charge in [0.1, 0.15) is 0 Å². The third-order valence-electron chi connectivity index (χ3n) is 6.11. The second-order valence-electron chi connectivity index (χ2n) is 7.76. The summed E-state index contributed by atoms with van der Waals surface area (Å²) in [7, 11) is 0. The van der Waals surface area contributed by atoms with Crippen LogP contribution in [0.25, 0.3) is 0 Å². The van der Waals surface area contributed by atoms with Crippen LogP contribution >= 0.6 is 0 Å². The molecule has 2 atom stereocenters. The van der Waals surface area contributed by atoms with Crippen LogP contribution in [0.4, 0.5) is 0 Å². The fourth-order valence-corrected chi connectivity index (χ4v) is 4.90. The molecule has 3 nitrogen and oxygen atoms in total. The van der Waals surface area contributed by atoms with Crippen LogP contribution in [0.3, 0.4) is 0 Å². The maximum absolute atomic E-state index is 9.32. The Kier molecular flexibility index (Phi) is 5.96. The van der Waals surface area contributed by atoms with Crippen LogP contribution in [0, 0.1) is 11.8 Å². The van der Waals surface area contributed by atoms with Crippen molar-refractivity contribution in [2.45, 2.75) is 76.3 Å². The molecule has 0 spiro atoms. The third-order valence-corrected chi connectivity index (χ3v) is 6.11. The second kappa shape index (κ2) is 7.94. The molecule has 2 saturated carbocycles. The number of piperidine rings is 1. The van der Waals surface area contributed by atoms with Gasteiger partial charge in [-0.3, -0.25) is 4.90 Å². The molecule has 0 aromatic heterocycles. The standard InChI is InChI=1S/C18H34N2O/c21-10-9-16-11-17(19-12-15-5-1-2-6-15)14-20(13-16)18-7-3-4-8-18/h15-19,21H,1-14H2. The Morgan fingerprint density at radius 2 is 1.62 bits per heavy atom. The lowest BCUT2D eigenvalue weighted by atomic mass is 9.90. The van der Waals surface area contributed by atoms with Crippen LogP contribution < -0.4 is 5.32 Å². The molecule has 1 saturated heterocycles. The quantitative estimate of drug-likeness (QED) is 0.791. The van der Waals surface area contributed by atoms with Crippen molar-refractivity contribution in [3.8, 4) is 0 Å². The lowest BCUT2D eigenvalue weighted by Crippen LogP contribution is -2.52. The first-order chi connectivity index (χ1) is 10.3. The van der Waals surface area contributed by atoms with E-state index in [4.69, 9.17) is 0 Å². The van der Waals surface area contributed by atoms with Gasteiger partial charge in [-0.15, -0.1) is 0 Å². The van der Waals surface area contributed by atoms with Crippen LogP contribution in [-0.2, 0) is 0 Å². The minimum absolute atomic E-state index is 0.360. The molecular weight excluding hydrogens is 260 g/mol. The van der Waals surface area contributed by atoms with E-state index < -0.39 is 0 Å². The summed E-state index contributed by atoms with van der Waals surface area (Å²) in [5, 5.41) is 13.2. The van der Waals surface area contributed by atoms with Crippen molar-refractivity contribution in [2.75, 3.05) is 26.2 Å². The van der Waals surface area contributed by atoms with Crippen molar-refractivity contribution < 1.29 is 5.11 Å². The number of aliphatic hydroxyl groups is 1. The molecule has 1 aliphatic heterocycles. The first kappa shape index (κ1) is 15.8. The average molecular weight is 294 g/mol. The zero-order valence-electron chi connectivity index (χ0n) is 13.6. The minimum atomic E-state index is 0.360. The fraction of sp³-hybridized carbons (Fsp3) is 1.00. The normalized spacial score (nSPS) is 33.0. The van der Waals surface area contributed by atoms with Crippen molar-refractivity contribution in [3.63, 3.8) is 0 Å². The van der Waals surface area contributed by atoms with E-state index in [9.17, 15) is 5.11 Å². The molecule has 0 bridgehead atoms. The van der Waals surface area contributed by atoms with E-state index in [-0.39, 0.29) is 0 Å². The Morgan fingerprint density at radius 1 is 0.905 bits per heavy atom. The highest BCUT2D eigenvalue weighted by atomic mass is 16.3.